The van der Waals surface area contributed by atoms with Gasteiger partial charge in [0, 0.05) is 30.1 Å². The molecule has 2 aliphatic heterocycles. The number of carbonyl (C=O) groups is 1. The Kier molecular flexibility index (Phi) is 3.11. The predicted molar refractivity (Wildman–Crippen MR) is 69.9 cm³/mol. The fraction of sp³-hybridized carbons (Fsp3) is 0.462. The van der Waals surface area contributed by atoms with Gasteiger partial charge in [-0.25, -0.2) is 4.39 Å². The van der Waals surface area contributed by atoms with Crippen molar-refractivity contribution < 1.29 is 9.18 Å². The number of carbonyl (C=O) groups excluding carboxylic acids is 1. The lowest BCUT2D eigenvalue weighted by Crippen LogP contribution is -2.39. The molecule has 96 valence electrons. The lowest BCUT2D eigenvalue weighted by molar-refractivity contribution is 0.0732. The minimum Gasteiger partial charge on any atom is -0.334 e. The van der Waals surface area contributed by atoms with Crippen molar-refractivity contribution in [3.8, 4) is 0 Å². The average Bonchev–Trinajstić information content (AvgIpc) is 2.89. The Morgan fingerprint density at radius 2 is 2.28 bits per heavy atom. The lowest BCUT2D eigenvalue weighted by Gasteiger charge is -2.23. The molecule has 0 radical (unpaired) electrons. The van der Waals surface area contributed by atoms with Crippen LogP contribution in [0.1, 0.15) is 16.8 Å². The summed E-state index contributed by atoms with van der Waals surface area (Å²) in [5.74, 6) is -0.104. The lowest BCUT2D eigenvalue weighted by atomic mass is 10.0. The summed E-state index contributed by atoms with van der Waals surface area (Å²) in [5, 5.41) is 3.29. The van der Waals surface area contributed by atoms with Crippen molar-refractivity contribution in [3.05, 3.63) is 34.1 Å². The van der Waals surface area contributed by atoms with Crippen LogP contribution in [-0.2, 0) is 0 Å². The molecule has 0 aliphatic carbocycles. The van der Waals surface area contributed by atoms with Gasteiger partial charge in [-0.15, -0.1) is 0 Å². The van der Waals surface area contributed by atoms with E-state index in [1.165, 1.54) is 6.07 Å². The van der Waals surface area contributed by atoms with Crippen molar-refractivity contribution in [2.24, 2.45) is 5.92 Å². The Labute approximate surface area is 113 Å². The van der Waals surface area contributed by atoms with Crippen LogP contribution >= 0.6 is 15.9 Å². The molecule has 2 aliphatic rings. The van der Waals surface area contributed by atoms with Gasteiger partial charge in [0.05, 0.1) is 5.56 Å². The number of nitrogens with one attached hydrogen (secondary N) is 1. The van der Waals surface area contributed by atoms with Gasteiger partial charge in [0.15, 0.2) is 0 Å². The molecule has 0 saturated carbocycles. The molecule has 2 saturated heterocycles. The normalized spacial score (nSPS) is 26.4. The molecule has 5 heteroatoms. The topological polar surface area (TPSA) is 32.3 Å². The molecule has 2 heterocycles. The third-order valence-corrected chi connectivity index (χ3v) is 4.36. The standard InChI is InChI=1S/C13H14BrFN2O/c14-9-1-2-10(11(15)5-9)13(18)17-4-3-8-6-16-7-12(8)17/h1-2,5,8,12,16H,3-4,6-7H2/t8-,12+/m1/s1. The Morgan fingerprint density at radius 3 is 3.06 bits per heavy atom. The van der Waals surface area contributed by atoms with Crippen molar-refractivity contribution >= 4 is 21.8 Å². The molecule has 3 nitrogen and oxygen atoms in total. The molecule has 1 N–H and O–H groups in total. The first-order valence-corrected chi connectivity index (χ1v) is 6.93. The summed E-state index contributed by atoms with van der Waals surface area (Å²) in [7, 11) is 0. The molecule has 0 spiro atoms. The maximum atomic E-state index is 13.8. The van der Waals surface area contributed by atoms with Crippen LogP contribution in [0.5, 0.6) is 0 Å². The number of hydrogen-bond donors (Lipinski definition) is 1. The minimum atomic E-state index is -0.455. The van der Waals surface area contributed by atoms with Crippen LogP contribution in [0.2, 0.25) is 0 Å². The Morgan fingerprint density at radius 1 is 1.44 bits per heavy atom. The smallest absolute Gasteiger partial charge is 0.257 e. The molecular weight excluding hydrogens is 299 g/mol. The van der Waals surface area contributed by atoms with Crippen molar-refractivity contribution in [3.63, 3.8) is 0 Å². The van der Waals surface area contributed by atoms with Crippen molar-refractivity contribution in [2.45, 2.75) is 12.5 Å². The summed E-state index contributed by atoms with van der Waals surface area (Å²) in [6.45, 7) is 2.54. The number of halogens is 2. The molecule has 0 unspecified atom stereocenters. The first-order chi connectivity index (χ1) is 8.66. The zero-order valence-corrected chi connectivity index (χ0v) is 11.4. The van der Waals surface area contributed by atoms with Gasteiger partial charge in [0.1, 0.15) is 5.82 Å². The first-order valence-electron chi connectivity index (χ1n) is 6.13. The summed E-state index contributed by atoms with van der Waals surface area (Å²) in [6, 6.07) is 4.84. The van der Waals surface area contributed by atoms with Crippen LogP contribution < -0.4 is 5.32 Å². The highest BCUT2D eigenvalue weighted by molar-refractivity contribution is 9.10. The maximum Gasteiger partial charge on any atom is 0.257 e. The molecule has 1 amide bonds. The van der Waals surface area contributed by atoms with E-state index in [0.717, 1.165) is 26.1 Å². The largest absolute Gasteiger partial charge is 0.334 e. The highest BCUT2D eigenvalue weighted by Gasteiger charge is 2.40. The molecule has 3 rings (SSSR count). The monoisotopic (exact) mass is 312 g/mol. The zero-order chi connectivity index (χ0) is 12.7. The number of nitrogens with zero attached hydrogens (tertiary/aromatic N) is 1. The SMILES string of the molecule is O=C(c1ccc(Br)cc1F)N1CC[C@@H]2CNC[C@@H]21. The summed E-state index contributed by atoms with van der Waals surface area (Å²) in [5.41, 5.74) is 0.172. The van der Waals surface area contributed by atoms with Crippen LogP contribution in [0.3, 0.4) is 0 Å². The third-order valence-electron chi connectivity index (χ3n) is 3.87. The van der Waals surface area contributed by atoms with E-state index in [2.05, 4.69) is 21.2 Å². The summed E-state index contributed by atoms with van der Waals surface area (Å²) in [4.78, 5) is 14.2. The summed E-state index contributed by atoms with van der Waals surface area (Å²) in [6.07, 6.45) is 1.02. The van der Waals surface area contributed by atoms with E-state index in [-0.39, 0.29) is 17.5 Å². The van der Waals surface area contributed by atoms with E-state index in [4.69, 9.17) is 0 Å². The number of fused-ring (bicyclic) bond motifs is 1. The number of hydrogen-bond acceptors (Lipinski definition) is 2. The van der Waals surface area contributed by atoms with Gasteiger partial charge in [-0.2, -0.15) is 0 Å². The Balaban J connectivity index is 1.86. The van der Waals surface area contributed by atoms with Crippen LogP contribution in [0.25, 0.3) is 0 Å². The van der Waals surface area contributed by atoms with Crippen molar-refractivity contribution in [1.82, 2.24) is 10.2 Å². The minimum absolute atomic E-state index is 0.172. The highest BCUT2D eigenvalue weighted by atomic mass is 79.9. The number of rotatable bonds is 1. The van der Waals surface area contributed by atoms with E-state index in [1.54, 1.807) is 12.1 Å². The fourth-order valence-corrected chi connectivity index (χ4v) is 3.25. The zero-order valence-electron chi connectivity index (χ0n) is 9.83. The van der Waals surface area contributed by atoms with Gasteiger partial charge in [-0.05, 0) is 30.5 Å². The average molecular weight is 313 g/mol. The van der Waals surface area contributed by atoms with Crippen LogP contribution in [0.15, 0.2) is 22.7 Å². The molecule has 0 bridgehead atoms. The van der Waals surface area contributed by atoms with E-state index in [0.29, 0.717) is 10.4 Å². The molecule has 2 fully saturated rings. The molecule has 1 aromatic rings. The van der Waals surface area contributed by atoms with E-state index in [1.807, 2.05) is 4.90 Å². The van der Waals surface area contributed by atoms with E-state index < -0.39 is 5.82 Å². The Bertz CT molecular complexity index is 494. The second-order valence-corrected chi connectivity index (χ2v) is 5.81. The molecule has 1 aromatic carbocycles. The Hall–Kier alpha value is -0.940. The van der Waals surface area contributed by atoms with Crippen molar-refractivity contribution in [2.75, 3.05) is 19.6 Å². The summed E-state index contributed by atoms with van der Waals surface area (Å²) >= 11 is 3.20. The van der Waals surface area contributed by atoms with Crippen LogP contribution in [0.4, 0.5) is 4.39 Å². The molecule has 0 aromatic heterocycles. The van der Waals surface area contributed by atoms with Gasteiger partial charge in [-0.1, -0.05) is 15.9 Å². The van der Waals surface area contributed by atoms with Crippen molar-refractivity contribution in [1.29, 1.82) is 0 Å². The third kappa shape index (κ3) is 1.95. The van der Waals surface area contributed by atoms with Gasteiger partial charge in [0.25, 0.3) is 5.91 Å². The first kappa shape index (κ1) is 12.1. The number of likely N-dealkylation sites (tertiary alicyclic amines) is 1. The van der Waals surface area contributed by atoms with Gasteiger partial charge in [0.2, 0.25) is 0 Å². The quantitative estimate of drug-likeness (QED) is 0.860. The van der Waals surface area contributed by atoms with Gasteiger partial charge < -0.3 is 10.2 Å². The molecule has 2 atom stereocenters. The van der Waals surface area contributed by atoms with E-state index >= 15 is 0 Å². The predicted octanol–water partition coefficient (Wildman–Crippen LogP) is 2.02. The van der Waals surface area contributed by atoms with Crippen LogP contribution in [0, 0.1) is 11.7 Å². The van der Waals surface area contributed by atoms with E-state index in [9.17, 15) is 9.18 Å². The highest BCUT2D eigenvalue weighted by Crippen LogP contribution is 2.29. The maximum absolute atomic E-state index is 13.8. The molecule has 18 heavy (non-hydrogen) atoms. The van der Waals surface area contributed by atoms with Crippen LogP contribution in [-0.4, -0.2) is 36.5 Å². The summed E-state index contributed by atoms with van der Waals surface area (Å²) < 4.78 is 14.5. The number of amides is 1. The number of benzene rings is 1. The fourth-order valence-electron chi connectivity index (χ4n) is 2.92. The second kappa shape index (κ2) is 4.63. The van der Waals surface area contributed by atoms with Gasteiger partial charge >= 0.3 is 0 Å². The van der Waals surface area contributed by atoms with Gasteiger partial charge in [-0.3, -0.25) is 4.79 Å². The second-order valence-electron chi connectivity index (χ2n) is 4.90. The molecular formula is C13H14BrFN2O.